The third-order valence-electron chi connectivity index (χ3n) is 3.30. The van der Waals surface area contributed by atoms with Crippen molar-refractivity contribution in [2.75, 3.05) is 13.9 Å². The molecule has 0 bridgehead atoms. The minimum Gasteiger partial charge on any atom is -0.466 e. The summed E-state index contributed by atoms with van der Waals surface area (Å²) in [6, 6.07) is 11.0. The zero-order chi connectivity index (χ0) is 18.5. The second kappa shape index (κ2) is 8.31. The van der Waals surface area contributed by atoms with Crippen LogP contribution in [0, 0.1) is 0 Å². The fraction of sp³-hybridized carbons (Fsp3) is 0.111. The summed E-state index contributed by atoms with van der Waals surface area (Å²) < 4.78 is 17.0. The number of amides is 1. The number of nitrogens with two attached hydrogens (primary N) is 1. The number of carbonyl (C=O) groups excluding carboxylic acids is 1. The molecule has 1 aromatic heterocycles. The minimum absolute atomic E-state index is 0.195. The number of benzene rings is 2. The molecule has 2 N–H and O–H groups in total. The molecule has 2 aromatic carbocycles. The summed E-state index contributed by atoms with van der Waals surface area (Å²) in [5.74, 6) is 1.12. The highest BCUT2D eigenvalue weighted by molar-refractivity contribution is 9.10. The Morgan fingerprint density at radius 2 is 2.12 bits per heavy atom. The maximum Gasteiger partial charge on any atom is 0.409 e. The topological polar surface area (TPSA) is 83.7 Å². The van der Waals surface area contributed by atoms with Crippen LogP contribution in [0.2, 0.25) is 0 Å². The summed E-state index contributed by atoms with van der Waals surface area (Å²) in [6.45, 7) is 0.195. The Kier molecular flexibility index (Phi) is 5.87. The number of primary amides is 1. The summed E-state index contributed by atoms with van der Waals surface area (Å²) >= 11 is 4.97. The molecule has 0 fully saturated rings. The van der Waals surface area contributed by atoms with Crippen molar-refractivity contribution in [3.05, 3.63) is 51.4 Å². The highest BCUT2D eigenvalue weighted by Crippen LogP contribution is 2.29. The Balaban J connectivity index is 1.77. The molecular weight excluding hydrogens is 420 g/mol. The predicted octanol–water partition coefficient (Wildman–Crippen LogP) is 4.67. The molecular formula is C18H15BrN2O4S. The quantitative estimate of drug-likeness (QED) is 0.569. The SMILES string of the molecule is COCOc1ccc(C=Cc2nc3ccc(OC(N)=O)cc3s2)cc1Br. The maximum atomic E-state index is 10.8. The van der Waals surface area contributed by atoms with Gasteiger partial charge in [0, 0.05) is 13.2 Å². The number of halogens is 1. The second-order valence-corrected chi connectivity index (χ2v) is 7.09. The molecule has 6 nitrogen and oxygen atoms in total. The Labute approximate surface area is 162 Å². The van der Waals surface area contributed by atoms with Gasteiger partial charge in [0.05, 0.1) is 14.7 Å². The first-order chi connectivity index (χ1) is 12.5. The van der Waals surface area contributed by atoms with Gasteiger partial charge in [0.25, 0.3) is 0 Å². The summed E-state index contributed by atoms with van der Waals surface area (Å²) in [7, 11) is 1.58. The van der Waals surface area contributed by atoms with Crippen molar-refractivity contribution in [3.8, 4) is 11.5 Å². The molecule has 3 aromatic rings. The molecule has 3 rings (SSSR count). The molecule has 0 aliphatic rings. The van der Waals surface area contributed by atoms with Gasteiger partial charge in [-0.15, -0.1) is 11.3 Å². The highest BCUT2D eigenvalue weighted by Gasteiger charge is 2.06. The number of ether oxygens (including phenoxy) is 3. The summed E-state index contributed by atoms with van der Waals surface area (Å²) in [4.78, 5) is 15.4. The summed E-state index contributed by atoms with van der Waals surface area (Å²) in [5, 5.41) is 0.840. The van der Waals surface area contributed by atoms with Gasteiger partial charge in [0.15, 0.2) is 6.79 Å². The Morgan fingerprint density at radius 3 is 2.85 bits per heavy atom. The third kappa shape index (κ3) is 4.60. The Morgan fingerprint density at radius 1 is 1.27 bits per heavy atom. The van der Waals surface area contributed by atoms with E-state index in [0.717, 1.165) is 25.3 Å². The molecule has 0 saturated heterocycles. The fourth-order valence-corrected chi connectivity index (χ4v) is 3.61. The normalized spacial score (nSPS) is 11.2. The van der Waals surface area contributed by atoms with Crippen molar-refractivity contribution >= 4 is 55.7 Å². The number of methoxy groups -OCH3 is 1. The van der Waals surface area contributed by atoms with E-state index in [9.17, 15) is 4.79 Å². The number of fused-ring (bicyclic) bond motifs is 1. The van der Waals surface area contributed by atoms with E-state index < -0.39 is 6.09 Å². The smallest absolute Gasteiger partial charge is 0.409 e. The van der Waals surface area contributed by atoms with Gasteiger partial charge >= 0.3 is 6.09 Å². The van der Waals surface area contributed by atoms with E-state index in [4.69, 9.17) is 19.9 Å². The van der Waals surface area contributed by atoms with Crippen LogP contribution in [0.1, 0.15) is 10.6 Å². The van der Waals surface area contributed by atoms with E-state index in [-0.39, 0.29) is 6.79 Å². The number of carbonyl (C=O) groups is 1. The Bertz CT molecular complexity index is 971. The summed E-state index contributed by atoms with van der Waals surface area (Å²) in [5.41, 5.74) is 6.86. The van der Waals surface area contributed by atoms with Gasteiger partial charge in [0.1, 0.15) is 16.5 Å². The first-order valence-corrected chi connectivity index (χ1v) is 9.13. The van der Waals surface area contributed by atoms with E-state index in [2.05, 4.69) is 20.9 Å². The standard InChI is InChI=1S/C18H15BrN2O4S/c1-23-10-24-15-6-2-11(8-13(15)19)3-7-17-21-14-5-4-12(25-18(20)22)9-16(14)26-17/h2-9H,10H2,1H3,(H2,20,22). The molecule has 0 unspecified atom stereocenters. The van der Waals surface area contributed by atoms with Gasteiger partial charge in [-0.05, 0) is 51.8 Å². The molecule has 0 saturated carbocycles. The van der Waals surface area contributed by atoms with Crippen molar-refractivity contribution in [1.82, 2.24) is 4.98 Å². The third-order valence-corrected chi connectivity index (χ3v) is 4.90. The zero-order valence-corrected chi connectivity index (χ0v) is 16.2. The average Bonchev–Trinajstić information content (AvgIpc) is 3.01. The fourth-order valence-electron chi connectivity index (χ4n) is 2.20. The van der Waals surface area contributed by atoms with Crippen LogP contribution in [-0.2, 0) is 4.74 Å². The number of thiazole rings is 1. The van der Waals surface area contributed by atoms with Gasteiger partial charge in [0.2, 0.25) is 0 Å². The van der Waals surface area contributed by atoms with Crippen molar-refractivity contribution in [2.24, 2.45) is 5.73 Å². The number of hydrogen-bond acceptors (Lipinski definition) is 6. The highest BCUT2D eigenvalue weighted by atomic mass is 79.9. The van der Waals surface area contributed by atoms with Crippen LogP contribution < -0.4 is 15.2 Å². The lowest BCUT2D eigenvalue weighted by molar-refractivity contribution is 0.0506. The van der Waals surface area contributed by atoms with Crippen LogP contribution >= 0.6 is 27.3 Å². The maximum absolute atomic E-state index is 10.8. The van der Waals surface area contributed by atoms with Crippen molar-refractivity contribution < 1.29 is 19.0 Å². The van der Waals surface area contributed by atoms with Gasteiger partial charge in [-0.1, -0.05) is 12.1 Å². The number of hydrogen-bond donors (Lipinski definition) is 1. The van der Waals surface area contributed by atoms with Gasteiger partial charge < -0.3 is 19.9 Å². The molecule has 0 aliphatic carbocycles. The lowest BCUT2D eigenvalue weighted by atomic mass is 10.2. The van der Waals surface area contributed by atoms with Crippen LogP contribution in [-0.4, -0.2) is 25.0 Å². The minimum atomic E-state index is -0.836. The van der Waals surface area contributed by atoms with Crippen molar-refractivity contribution in [3.63, 3.8) is 0 Å². The van der Waals surface area contributed by atoms with E-state index in [1.807, 2.05) is 30.4 Å². The van der Waals surface area contributed by atoms with Gasteiger partial charge in [-0.3, -0.25) is 0 Å². The lowest BCUT2D eigenvalue weighted by Gasteiger charge is -2.07. The van der Waals surface area contributed by atoms with Gasteiger partial charge in [-0.25, -0.2) is 9.78 Å². The van der Waals surface area contributed by atoms with Crippen LogP contribution in [0.15, 0.2) is 40.9 Å². The second-order valence-electron chi connectivity index (χ2n) is 5.18. The summed E-state index contributed by atoms with van der Waals surface area (Å²) in [6.07, 6.45) is 3.05. The van der Waals surface area contributed by atoms with Crippen molar-refractivity contribution in [1.29, 1.82) is 0 Å². The van der Waals surface area contributed by atoms with E-state index >= 15 is 0 Å². The van der Waals surface area contributed by atoms with Crippen LogP contribution in [0.25, 0.3) is 22.4 Å². The zero-order valence-electron chi connectivity index (χ0n) is 13.8. The predicted molar refractivity (Wildman–Crippen MR) is 105 cm³/mol. The lowest BCUT2D eigenvalue weighted by Crippen LogP contribution is -2.16. The Hall–Kier alpha value is -2.42. The first-order valence-electron chi connectivity index (χ1n) is 7.52. The van der Waals surface area contributed by atoms with E-state index in [0.29, 0.717) is 11.5 Å². The molecule has 0 atom stereocenters. The van der Waals surface area contributed by atoms with Crippen LogP contribution in [0.3, 0.4) is 0 Å². The van der Waals surface area contributed by atoms with E-state index in [1.54, 1.807) is 25.3 Å². The molecule has 1 amide bonds. The monoisotopic (exact) mass is 434 g/mol. The van der Waals surface area contributed by atoms with Crippen LogP contribution in [0.5, 0.6) is 11.5 Å². The number of rotatable bonds is 6. The first kappa shape index (κ1) is 18.4. The van der Waals surface area contributed by atoms with Gasteiger partial charge in [-0.2, -0.15) is 0 Å². The molecule has 0 aliphatic heterocycles. The average molecular weight is 435 g/mol. The molecule has 26 heavy (non-hydrogen) atoms. The number of aromatic nitrogens is 1. The molecule has 1 heterocycles. The molecule has 134 valence electrons. The number of nitrogens with zero attached hydrogens (tertiary/aromatic N) is 1. The largest absolute Gasteiger partial charge is 0.466 e. The van der Waals surface area contributed by atoms with Crippen molar-refractivity contribution in [2.45, 2.75) is 0 Å². The molecule has 0 spiro atoms. The van der Waals surface area contributed by atoms with Crippen LogP contribution in [0.4, 0.5) is 4.79 Å². The van der Waals surface area contributed by atoms with E-state index in [1.165, 1.54) is 11.3 Å². The molecule has 8 heteroatoms. The molecule has 0 radical (unpaired) electrons.